The molecule has 1 fully saturated rings. The molecular weight excluding hydrogens is 218 g/mol. The van der Waals surface area contributed by atoms with Gasteiger partial charge >= 0.3 is 0 Å². The Morgan fingerprint density at radius 3 is 2.94 bits per heavy atom. The van der Waals surface area contributed by atoms with Gasteiger partial charge in [-0.15, -0.1) is 0 Å². The van der Waals surface area contributed by atoms with Crippen molar-refractivity contribution in [3.05, 3.63) is 16.7 Å². The lowest BCUT2D eigenvalue weighted by molar-refractivity contribution is 0.229. The molecule has 1 aliphatic rings. The van der Waals surface area contributed by atoms with Crippen molar-refractivity contribution < 1.29 is 0 Å². The standard InChI is InChI=1S/C11H19N5O/c1-2-16-5-3-8(4-6-16)15-10-9(12)11(17)14-7-13-10/h7-8H,2-6,12H2,1H3,(H2,13,14,15,17). The first-order chi connectivity index (χ1) is 8.20. The molecule has 0 bridgehead atoms. The first kappa shape index (κ1) is 11.9. The van der Waals surface area contributed by atoms with Crippen molar-refractivity contribution in [3.8, 4) is 0 Å². The molecule has 2 heterocycles. The lowest BCUT2D eigenvalue weighted by Gasteiger charge is -2.31. The number of aromatic amines is 1. The van der Waals surface area contributed by atoms with Gasteiger partial charge in [-0.2, -0.15) is 0 Å². The number of hydrogen-bond donors (Lipinski definition) is 3. The molecule has 0 spiro atoms. The van der Waals surface area contributed by atoms with E-state index in [1.54, 1.807) is 0 Å². The Kier molecular flexibility index (Phi) is 3.63. The first-order valence-electron chi connectivity index (χ1n) is 6.02. The van der Waals surface area contributed by atoms with Gasteiger partial charge < -0.3 is 20.9 Å². The van der Waals surface area contributed by atoms with Crippen molar-refractivity contribution in [1.82, 2.24) is 14.9 Å². The Morgan fingerprint density at radius 2 is 2.29 bits per heavy atom. The maximum Gasteiger partial charge on any atom is 0.276 e. The van der Waals surface area contributed by atoms with E-state index in [1.165, 1.54) is 6.33 Å². The molecule has 6 nitrogen and oxygen atoms in total. The van der Waals surface area contributed by atoms with E-state index in [0.717, 1.165) is 32.5 Å². The number of hydrogen-bond acceptors (Lipinski definition) is 5. The van der Waals surface area contributed by atoms with E-state index in [2.05, 4.69) is 27.1 Å². The fraction of sp³-hybridized carbons (Fsp3) is 0.636. The van der Waals surface area contributed by atoms with E-state index in [9.17, 15) is 4.79 Å². The highest BCUT2D eigenvalue weighted by Crippen LogP contribution is 2.16. The maximum absolute atomic E-state index is 11.3. The number of H-pyrrole nitrogens is 1. The Hall–Kier alpha value is -1.56. The van der Waals surface area contributed by atoms with Crippen molar-refractivity contribution in [3.63, 3.8) is 0 Å². The summed E-state index contributed by atoms with van der Waals surface area (Å²) in [5.41, 5.74) is 5.56. The second-order valence-electron chi connectivity index (χ2n) is 4.35. The summed E-state index contributed by atoms with van der Waals surface area (Å²) in [6, 6.07) is 0.356. The van der Waals surface area contributed by atoms with Gasteiger partial charge in [-0.1, -0.05) is 6.92 Å². The van der Waals surface area contributed by atoms with Crippen LogP contribution in [0, 0.1) is 0 Å². The molecule has 0 amide bonds. The summed E-state index contributed by atoms with van der Waals surface area (Å²) in [6.07, 6.45) is 3.49. The predicted octanol–water partition coefficient (Wildman–Crippen LogP) is 0.248. The number of nitrogens with one attached hydrogen (secondary N) is 2. The molecule has 0 unspecified atom stereocenters. The van der Waals surface area contributed by atoms with Gasteiger partial charge in [0.15, 0.2) is 5.82 Å². The van der Waals surface area contributed by atoms with Crippen molar-refractivity contribution in [2.75, 3.05) is 30.7 Å². The zero-order valence-corrected chi connectivity index (χ0v) is 10.1. The van der Waals surface area contributed by atoms with Crippen LogP contribution in [-0.2, 0) is 0 Å². The summed E-state index contributed by atoms with van der Waals surface area (Å²) < 4.78 is 0. The minimum Gasteiger partial charge on any atom is -0.391 e. The average Bonchev–Trinajstić information content (AvgIpc) is 2.36. The van der Waals surface area contributed by atoms with E-state index in [4.69, 9.17) is 5.73 Å². The van der Waals surface area contributed by atoms with Crippen LogP contribution >= 0.6 is 0 Å². The SMILES string of the molecule is CCN1CCC(Nc2nc[nH]c(=O)c2N)CC1. The number of nitrogens with two attached hydrogens (primary N) is 1. The summed E-state index contributed by atoms with van der Waals surface area (Å²) in [6.45, 7) is 5.43. The lowest BCUT2D eigenvalue weighted by atomic mass is 10.1. The van der Waals surface area contributed by atoms with E-state index in [0.29, 0.717) is 11.9 Å². The third-order valence-electron chi connectivity index (χ3n) is 3.26. The number of rotatable bonds is 3. The fourth-order valence-corrected chi connectivity index (χ4v) is 2.11. The molecule has 1 saturated heterocycles. The second-order valence-corrected chi connectivity index (χ2v) is 4.35. The van der Waals surface area contributed by atoms with Crippen LogP contribution in [0.5, 0.6) is 0 Å². The molecule has 0 aromatic carbocycles. The van der Waals surface area contributed by atoms with Gasteiger partial charge in [0.2, 0.25) is 0 Å². The summed E-state index contributed by atoms with van der Waals surface area (Å²) >= 11 is 0. The molecule has 1 aromatic rings. The molecule has 0 saturated carbocycles. The molecule has 0 aliphatic carbocycles. The molecule has 2 rings (SSSR count). The third-order valence-corrected chi connectivity index (χ3v) is 3.26. The summed E-state index contributed by atoms with van der Waals surface area (Å²) in [4.78, 5) is 20.2. The van der Waals surface area contributed by atoms with Crippen LogP contribution in [0.15, 0.2) is 11.1 Å². The van der Waals surface area contributed by atoms with Crippen molar-refractivity contribution >= 4 is 11.5 Å². The zero-order valence-electron chi connectivity index (χ0n) is 10.1. The van der Waals surface area contributed by atoms with Crippen molar-refractivity contribution in [2.45, 2.75) is 25.8 Å². The number of anilines is 2. The number of aromatic nitrogens is 2. The smallest absolute Gasteiger partial charge is 0.276 e. The van der Waals surface area contributed by atoms with Crippen LogP contribution in [0.3, 0.4) is 0 Å². The molecule has 6 heteroatoms. The Labute approximate surface area is 100 Å². The van der Waals surface area contributed by atoms with Crippen molar-refractivity contribution in [1.29, 1.82) is 0 Å². The Balaban J connectivity index is 1.98. The maximum atomic E-state index is 11.3. The summed E-state index contributed by atoms with van der Waals surface area (Å²) in [5, 5.41) is 3.25. The highest BCUT2D eigenvalue weighted by molar-refractivity contribution is 5.59. The molecule has 0 atom stereocenters. The quantitative estimate of drug-likeness (QED) is 0.701. The van der Waals surface area contributed by atoms with E-state index < -0.39 is 0 Å². The number of nitrogens with zero attached hydrogens (tertiary/aromatic N) is 2. The largest absolute Gasteiger partial charge is 0.391 e. The minimum atomic E-state index is -0.284. The van der Waals surface area contributed by atoms with E-state index in [1.807, 2.05) is 0 Å². The summed E-state index contributed by atoms with van der Waals surface area (Å²) in [5.74, 6) is 0.503. The van der Waals surface area contributed by atoms with Gasteiger partial charge in [0, 0.05) is 19.1 Å². The first-order valence-corrected chi connectivity index (χ1v) is 6.02. The van der Waals surface area contributed by atoms with Crippen LogP contribution in [-0.4, -0.2) is 40.5 Å². The van der Waals surface area contributed by atoms with Gasteiger partial charge in [-0.25, -0.2) is 4.98 Å². The molecule has 4 N–H and O–H groups in total. The highest BCUT2D eigenvalue weighted by atomic mass is 16.1. The zero-order chi connectivity index (χ0) is 12.3. The van der Waals surface area contributed by atoms with Crippen LogP contribution in [0.25, 0.3) is 0 Å². The highest BCUT2D eigenvalue weighted by Gasteiger charge is 2.19. The average molecular weight is 237 g/mol. The molecule has 94 valence electrons. The number of piperidine rings is 1. The summed E-state index contributed by atoms with van der Waals surface area (Å²) in [7, 11) is 0. The van der Waals surface area contributed by atoms with Gasteiger partial charge in [0.1, 0.15) is 5.69 Å². The fourth-order valence-electron chi connectivity index (χ4n) is 2.11. The predicted molar refractivity (Wildman–Crippen MR) is 68.0 cm³/mol. The Bertz CT molecular complexity index is 422. The van der Waals surface area contributed by atoms with Crippen LogP contribution in [0.4, 0.5) is 11.5 Å². The van der Waals surface area contributed by atoms with Gasteiger partial charge in [-0.3, -0.25) is 4.79 Å². The minimum absolute atomic E-state index is 0.172. The molecule has 0 radical (unpaired) electrons. The van der Waals surface area contributed by atoms with Gasteiger partial charge in [0.25, 0.3) is 5.56 Å². The molecular formula is C11H19N5O. The van der Waals surface area contributed by atoms with E-state index >= 15 is 0 Å². The lowest BCUT2D eigenvalue weighted by Crippen LogP contribution is -2.39. The van der Waals surface area contributed by atoms with Gasteiger partial charge in [0.05, 0.1) is 6.33 Å². The molecule has 17 heavy (non-hydrogen) atoms. The van der Waals surface area contributed by atoms with Crippen LogP contribution < -0.4 is 16.6 Å². The normalized spacial score (nSPS) is 18.2. The topological polar surface area (TPSA) is 87.0 Å². The van der Waals surface area contributed by atoms with Gasteiger partial charge in [-0.05, 0) is 19.4 Å². The van der Waals surface area contributed by atoms with Crippen molar-refractivity contribution in [2.24, 2.45) is 0 Å². The second kappa shape index (κ2) is 5.18. The molecule has 1 aromatic heterocycles. The molecule has 1 aliphatic heterocycles. The third kappa shape index (κ3) is 2.76. The monoisotopic (exact) mass is 237 g/mol. The van der Waals surface area contributed by atoms with E-state index in [-0.39, 0.29) is 11.2 Å². The van der Waals surface area contributed by atoms with Crippen LogP contribution in [0.2, 0.25) is 0 Å². The Morgan fingerprint density at radius 1 is 1.59 bits per heavy atom. The number of likely N-dealkylation sites (tertiary alicyclic amines) is 1. The number of nitrogen functional groups attached to an aromatic ring is 1. The van der Waals surface area contributed by atoms with Crippen LogP contribution in [0.1, 0.15) is 19.8 Å².